The van der Waals surface area contributed by atoms with Crippen molar-refractivity contribution in [2.45, 2.75) is 152 Å². The van der Waals surface area contributed by atoms with Gasteiger partial charge in [0, 0.05) is 23.3 Å². The number of para-hydroxylation sites is 1. The molecule has 0 spiro atoms. The molecule has 0 radical (unpaired) electrons. The van der Waals surface area contributed by atoms with E-state index in [1.165, 1.54) is 4.90 Å². The van der Waals surface area contributed by atoms with Crippen molar-refractivity contribution in [3.05, 3.63) is 65.7 Å². The van der Waals surface area contributed by atoms with E-state index >= 15 is 0 Å². The van der Waals surface area contributed by atoms with Gasteiger partial charge in [-0.15, -0.1) is 0 Å². The molecule has 4 aromatic rings. The summed E-state index contributed by atoms with van der Waals surface area (Å²) in [5, 5.41) is 5.91. The van der Waals surface area contributed by atoms with E-state index in [0.29, 0.717) is 54.6 Å². The molecule has 5 atom stereocenters. The predicted molar refractivity (Wildman–Crippen MR) is 240 cm³/mol. The van der Waals surface area contributed by atoms with Gasteiger partial charge in [-0.05, 0) is 93.7 Å². The van der Waals surface area contributed by atoms with Crippen LogP contribution in [0.1, 0.15) is 115 Å². The zero-order valence-corrected chi connectivity index (χ0v) is 37.8. The minimum Gasteiger partial charge on any atom is -0.470 e. The Morgan fingerprint density at radius 3 is 2.41 bits per heavy atom. The number of alkyl carbamates (subject to hydrolysis) is 1. The normalized spacial score (nSPS) is 26.3. The molecule has 64 heavy (non-hydrogen) atoms. The van der Waals surface area contributed by atoms with Crippen molar-refractivity contribution in [3.8, 4) is 17.3 Å². The first-order chi connectivity index (χ1) is 30.6. The van der Waals surface area contributed by atoms with Crippen LogP contribution in [0.25, 0.3) is 33.5 Å². The second-order valence-electron chi connectivity index (χ2n) is 19.4. The number of nitrogens with one attached hydrogen (secondary N) is 3. The van der Waals surface area contributed by atoms with Gasteiger partial charge >= 0.3 is 6.09 Å². The van der Waals surface area contributed by atoms with Crippen LogP contribution in [0, 0.1) is 12.8 Å². The zero-order chi connectivity index (χ0) is 45.0. The maximum Gasteiger partial charge on any atom is 0.408 e. The van der Waals surface area contributed by atoms with E-state index in [-0.39, 0.29) is 36.8 Å². The van der Waals surface area contributed by atoms with Crippen LogP contribution in [0.3, 0.4) is 0 Å². The predicted octanol–water partition coefficient (Wildman–Crippen LogP) is 7.04. The molecule has 0 bridgehead atoms. The number of ether oxygens (including phenoxy) is 2. The molecule has 0 unspecified atom stereocenters. The number of nitrogens with zero attached hydrogens (tertiary/aromatic N) is 3. The summed E-state index contributed by atoms with van der Waals surface area (Å²) in [7, 11) is -3.92. The van der Waals surface area contributed by atoms with Crippen LogP contribution in [-0.4, -0.2) is 88.7 Å². The number of sulfonamides is 1. The average Bonchev–Trinajstić information content (AvgIpc) is 4.06. The standard InChI is InChI=1S/C48H58N6O9S/c1-28-13-12-17-35-38-40(63-39(28)35)43(51-41(50-38)29-19-21-30(22-20-29)47(2,3)4)61-33-25-37-42(55)52-48(45(57)53-64(59,60)34-23-24-34)26-31(48)14-8-6-5-7-9-18-36(44(56)54(37)27-33)49-46(58)62-32-15-10-11-16-32/h8,12-14,17,19-22,31-34,36-37H,5-7,9-11,15-16,18,23-27H2,1-4H3,(H,49,58)(H,52,55)(H,53,57)/b14-8-/t31-,33+,36-,37-,48+/m0/s1. The molecular formula is C48H58N6O9S. The van der Waals surface area contributed by atoms with Gasteiger partial charge in [0.1, 0.15) is 40.9 Å². The van der Waals surface area contributed by atoms with Gasteiger partial charge in [0.15, 0.2) is 5.82 Å². The minimum atomic E-state index is -3.92. The second-order valence-corrected chi connectivity index (χ2v) is 21.4. The lowest BCUT2D eigenvalue weighted by atomic mass is 9.87. The van der Waals surface area contributed by atoms with Crippen molar-refractivity contribution in [3.63, 3.8) is 0 Å². The van der Waals surface area contributed by atoms with E-state index in [1.807, 2.05) is 49.4 Å². The summed E-state index contributed by atoms with van der Waals surface area (Å²) in [6.07, 6.45) is 9.88. The van der Waals surface area contributed by atoms with Crippen LogP contribution in [0.15, 0.2) is 59.0 Å². The summed E-state index contributed by atoms with van der Waals surface area (Å²) >= 11 is 0. The molecule has 3 N–H and O–H groups in total. The third kappa shape index (κ3) is 8.94. The highest BCUT2D eigenvalue weighted by molar-refractivity contribution is 7.91. The van der Waals surface area contributed by atoms with Gasteiger partial charge in [-0.3, -0.25) is 19.1 Å². The Bertz CT molecular complexity index is 2610. The fourth-order valence-corrected chi connectivity index (χ4v) is 10.8. The van der Waals surface area contributed by atoms with Gasteiger partial charge in [-0.25, -0.2) is 18.2 Å². The molecule has 16 heteroatoms. The monoisotopic (exact) mass is 894 g/mol. The maximum absolute atomic E-state index is 14.9. The lowest BCUT2D eigenvalue weighted by molar-refractivity contribution is -0.141. The van der Waals surface area contributed by atoms with Crippen LogP contribution in [-0.2, 0) is 34.6 Å². The van der Waals surface area contributed by atoms with E-state index in [9.17, 15) is 27.6 Å². The molecule has 15 nitrogen and oxygen atoms in total. The molecular weight excluding hydrogens is 837 g/mol. The Morgan fingerprint density at radius 2 is 1.67 bits per heavy atom. The van der Waals surface area contributed by atoms with Gasteiger partial charge in [0.05, 0.1) is 11.8 Å². The number of rotatable bonds is 8. The molecule has 3 aliphatic carbocycles. The van der Waals surface area contributed by atoms with Crippen LogP contribution < -0.4 is 20.1 Å². The Morgan fingerprint density at radius 1 is 0.922 bits per heavy atom. The first-order valence-corrected chi connectivity index (χ1v) is 24.4. The second kappa shape index (κ2) is 17.1. The summed E-state index contributed by atoms with van der Waals surface area (Å²) < 4.78 is 47.2. The number of hydrogen-bond donors (Lipinski definition) is 3. The van der Waals surface area contributed by atoms with Crippen molar-refractivity contribution in [1.29, 1.82) is 0 Å². The molecule has 2 aromatic heterocycles. The highest BCUT2D eigenvalue weighted by atomic mass is 32.2. The van der Waals surface area contributed by atoms with E-state index in [2.05, 4.69) is 48.3 Å². The van der Waals surface area contributed by atoms with E-state index in [4.69, 9.17) is 23.9 Å². The lowest BCUT2D eigenvalue weighted by Gasteiger charge is -2.30. The Kier molecular flexibility index (Phi) is 11.7. The van der Waals surface area contributed by atoms with Crippen molar-refractivity contribution < 1.29 is 41.5 Å². The van der Waals surface area contributed by atoms with Crippen LogP contribution in [0.2, 0.25) is 0 Å². The molecule has 3 saturated carbocycles. The molecule has 5 aliphatic rings. The first kappa shape index (κ1) is 43.7. The number of aromatic nitrogens is 2. The number of benzene rings is 2. The number of aryl methyl sites for hydroxylation is 1. The van der Waals surface area contributed by atoms with Crippen LogP contribution >= 0.6 is 0 Å². The number of allylic oxidation sites excluding steroid dienone is 1. The Hall–Kier alpha value is -5.51. The fourth-order valence-electron chi connectivity index (χ4n) is 9.45. The van der Waals surface area contributed by atoms with Gasteiger partial charge < -0.3 is 29.4 Å². The molecule has 340 valence electrons. The first-order valence-electron chi connectivity index (χ1n) is 22.9. The lowest BCUT2D eigenvalue weighted by Crippen LogP contribution is -2.58. The quantitative estimate of drug-likeness (QED) is 0.153. The van der Waals surface area contributed by atoms with Crippen molar-refractivity contribution in [2.75, 3.05) is 6.54 Å². The average molecular weight is 895 g/mol. The third-order valence-electron chi connectivity index (χ3n) is 13.5. The van der Waals surface area contributed by atoms with E-state index in [0.717, 1.165) is 60.6 Å². The summed E-state index contributed by atoms with van der Waals surface area (Å²) in [4.78, 5) is 68.2. The van der Waals surface area contributed by atoms with Gasteiger partial charge in [-0.1, -0.05) is 82.2 Å². The summed E-state index contributed by atoms with van der Waals surface area (Å²) in [6.45, 7) is 8.31. The maximum atomic E-state index is 14.9. The van der Waals surface area contributed by atoms with Crippen molar-refractivity contribution in [2.24, 2.45) is 5.92 Å². The molecule has 2 aliphatic heterocycles. The number of furan rings is 1. The highest BCUT2D eigenvalue weighted by Gasteiger charge is 2.62. The largest absolute Gasteiger partial charge is 0.470 e. The van der Waals surface area contributed by atoms with Gasteiger partial charge in [0.2, 0.25) is 27.4 Å². The zero-order valence-electron chi connectivity index (χ0n) is 37.0. The fraction of sp³-hybridized carbons (Fsp3) is 0.542. The molecule has 9 rings (SSSR count). The minimum absolute atomic E-state index is 0.00421. The SMILES string of the molecule is Cc1cccc2c1oc1c(O[C@@H]3C[C@H]4C(=O)N[C@]5(C(=O)NS(=O)(=O)C6CC6)C[C@@H]5/C=C\CCCCC[C@H](NC(=O)OC5CCCC5)C(=O)N4C3)nc(-c3ccc(C(C)(C)C)cc3)nc12. The summed E-state index contributed by atoms with van der Waals surface area (Å²) in [5.41, 5.74) is 2.69. The van der Waals surface area contributed by atoms with Gasteiger partial charge in [0.25, 0.3) is 11.8 Å². The highest BCUT2D eigenvalue weighted by Crippen LogP contribution is 2.46. The van der Waals surface area contributed by atoms with Crippen LogP contribution in [0.5, 0.6) is 5.88 Å². The number of carbonyl (C=O) groups excluding carboxylic acids is 4. The van der Waals surface area contributed by atoms with Crippen molar-refractivity contribution in [1.82, 2.24) is 30.2 Å². The number of fused-ring (bicyclic) bond motifs is 5. The third-order valence-corrected chi connectivity index (χ3v) is 15.3. The van der Waals surface area contributed by atoms with Crippen LogP contribution in [0.4, 0.5) is 4.79 Å². The smallest absolute Gasteiger partial charge is 0.408 e. The molecule has 2 aromatic carbocycles. The number of hydrogen-bond acceptors (Lipinski definition) is 11. The van der Waals surface area contributed by atoms with Gasteiger partial charge in [-0.2, -0.15) is 4.98 Å². The molecule has 4 heterocycles. The molecule has 4 fully saturated rings. The Labute approximate surface area is 373 Å². The molecule has 1 saturated heterocycles. The summed E-state index contributed by atoms with van der Waals surface area (Å²) in [6, 6.07) is 11.7. The summed E-state index contributed by atoms with van der Waals surface area (Å²) in [5.74, 6) is -1.83. The van der Waals surface area contributed by atoms with E-state index in [1.54, 1.807) is 0 Å². The number of carbonyl (C=O) groups is 4. The van der Waals surface area contributed by atoms with E-state index < -0.39 is 68.7 Å². The van der Waals surface area contributed by atoms with Crippen molar-refractivity contribution >= 4 is 55.9 Å². The number of amides is 4. The topological polar surface area (TPSA) is 199 Å². The Balaban J connectivity index is 1.06. The molecule has 4 amide bonds.